The highest BCUT2D eigenvalue weighted by atomic mass is 16.5. The summed E-state index contributed by atoms with van der Waals surface area (Å²) in [7, 11) is 1.61. The zero-order valence-electron chi connectivity index (χ0n) is 10.9. The zero-order chi connectivity index (χ0) is 13.9. The maximum Gasteiger partial charge on any atom is 0.280 e. The highest BCUT2D eigenvalue weighted by Crippen LogP contribution is 2.15. The number of para-hydroxylation sites is 1. The molecule has 3 aromatic rings. The minimum absolute atomic E-state index is 0.133. The van der Waals surface area contributed by atoms with E-state index in [9.17, 15) is 4.79 Å². The molecule has 20 heavy (non-hydrogen) atoms. The second-order valence-electron chi connectivity index (χ2n) is 4.28. The summed E-state index contributed by atoms with van der Waals surface area (Å²) in [6.07, 6.45) is 1.48. The number of benzene rings is 2. The van der Waals surface area contributed by atoms with E-state index in [2.05, 4.69) is 10.4 Å². The van der Waals surface area contributed by atoms with Crippen molar-refractivity contribution >= 4 is 16.6 Å². The summed E-state index contributed by atoms with van der Waals surface area (Å²) in [5.41, 5.74) is 4.34. The minimum atomic E-state index is -0.133. The van der Waals surface area contributed by atoms with Gasteiger partial charge in [-0.1, -0.05) is 12.1 Å². The van der Waals surface area contributed by atoms with Gasteiger partial charge in [0.2, 0.25) is 0 Å². The van der Waals surface area contributed by atoms with E-state index in [1.54, 1.807) is 13.2 Å². The first kappa shape index (κ1) is 12.2. The van der Waals surface area contributed by atoms with Gasteiger partial charge in [-0.05, 0) is 36.4 Å². The smallest absolute Gasteiger partial charge is 0.280 e. The van der Waals surface area contributed by atoms with E-state index in [0.717, 1.165) is 11.4 Å². The van der Waals surface area contributed by atoms with Crippen LogP contribution in [0.4, 0.5) is 5.69 Å². The van der Waals surface area contributed by atoms with Gasteiger partial charge in [0.05, 0.1) is 23.7 Å². The quantitative estimate of drug-likeness (QED) is 0.791. The van der Waals surface area contributed by atoms with Crippen molar-refractivity contribution in [1.29, 1.82) is 0 Å². The lowest BCUT2D eigenvalue weighted by Gasteiger charge is -2.10. The molecule has 3 rings (SSSR count). The van der Waals surface area contributed by atoms with E-state index in [-0.39, 0.29) is 5.56 Å². The van der Waals surface area contributed by atoms with Gasteiger partial charge in [-0.25, -0.2) is 9.66 Å². The maximum atomic E-state index is 12.3. The van der Waals surface area contributed by atoms with Crippen LogP contribution in [-0.4, -0.2) is 16.8 Å². The van der Waals surface area contributed by atoms with Crippen LogP contribution < -0.4 is 15.7 Å². The molecule has 100 valence electrons. The Morgan fingerprint density at radius 3 is 2.60 bits per heavy atom. The fourth-order valence-corrected chi connectivity index (χ4v) is 1.95. The fraction of sp³-hybridized carbons (Fsp3) is 0.0667. The summed E-state index contributed by atoms with van der Waals surface area (Å²) in [4.78, 5) is 16.5. The van der Waals surface area contributed by atoms with Crippen molar-refractivity contribution in [1.82, 2.24) is 9.66 Å². The number of anilines is 1. The standard InChI is InChI=1S/C15H13N3O2/c1-20-12-8-6-11(7-9-12)17-18-10-16-14-5-3-2-4-13(14)15(18)19/h2-10,17H,1H3. The predicted molar refractivity (Wildman–Crippen MR) is 78.0 cm³/mol. The van der Waals surface area contributed by atoms with Gasteiger partial charge in [0.15, 0.2) is 0 Å². The molecule has 2 aromatic carbocycles. The molecule has 0 fully saturated rings. The van der Waals surface area contributed by atoms with Gasteiger partial charge in [-0.3, -0.25) is 10.2 Å². The Bertz CT molecular complexity index is 794. The van der Waals surface area contributed by atoms with Crippen LogP contribution in [0.5, 0.6) is 5.75 Å². The average Bonchev–Trinajstić information content (AvgIpc) is 2.51. The molecular formula is C15H13N3O2. The SMILES string of the molecule is COc1ccc(Nn2cnc3ccccc3c2=O)cc1. The molecule has 0 aliphatic carbocycles. The van der Waals surface area contributed by atoms with Crippen molar-refractivity contribution in [3.8, 4) is 5.75 Å². The van der Waals surface area contributed by atoms with Gasteiger partial charge in [0, 0.05) is 0 Å². The molecular weight excluding hydrogens is 254 g/mol. The molecule has 1 aromatic heterocycles. The van der Waals surface area contributed by atoms with E-state index >= 15 is 0 Å². The molecule has 0 saturated carbocycles. The first-order valence-corrected chi connectivity index (χ1v) is 6.15. The molecule has 0 unspecified atom stereocenters. The highest BCUT2D eigenvalue weighted by Gasteiger charge is 2.03. The molecule has 5 heteroatoms. The second kappa shape index (κ2) is 5.05. The minimum Gasteiger partial charge on any atom is -0.497 e. The topological polar surface area (TPSA) is 56.1 Å². The van der Waals surface area contributed by atoms with Crippen LogP contribution in [0.3, 0.4) is 0 Å². The molecule has 5 nitrogen and oxygen atoms in total. The summed E-state index contributed by atoms with van der Waals surface area (Å²) in [6.45, 7) is 0. The van der Waals surface area contributed by atoms with E-state index in [1.165, 1.54) is 11.0 Å². The zero-order valence-corrected chi connectivity index (χ0v) is 10.9. The second-order valence-corrected chi connectivity index (χ2v) is 4.28. The lowest BCUT2D eigenvalue weighted by molar-refractivity contribution is 0.415. The lowest BCUT2D eigenvalue weighted by atomic mass is 10.2. The Morgan fingerprint density at radius 1 is 1.10 bits per heavy atom. The fourth-order valence-electron chi connectivity index (χ4n) is 1.95. The summed E-state index contributed by atoms with van der Waals surface area (Å²) in [5, 5.41) is 0.580. The van der Waals surface area contributed by atoms with E-state index in [1.807, 2.05) is 42.5 Å². The van der Waals surface area contributed by atoms with Crippen LogP contribution in [0.1, 0.15) is 0 Å². The third kappa shape index (κ3) is 2.21. The first-order valence-electron chi connectivity index (χ1n) is 6.15. The van der Waals surface area contributed by atoms with Gasteiger partial charge >= 0.3 is 0 Å². The van der Waals surface area contributed by atoms with Crippen molar-refractivity contribution in [2.24, 2.45) is 0 Å². The monoisotopic (exact) mass is 267 g/mol. The molecule has 0 saturated heterocycles. The van der Waals surface area contributed by atoms with Crippen molar-refractivity contribution in [2.45, 2.75) is 0 Å². The Morgan fingerprint density at radius 2 is 1.85 bits per heavy atom. The molecule has 0 aliphatic rings. The maximum absolute atomic E-state index is 12.3. The lowest BCUT2D eigenvalue weighted by Crippen LogP contribution is -2.26. The Labute approximate surface area is 115 Å². The Balaban J connectivity index is 1.98. The number of aromatic nitrogens is 2. The third-order valence-electron chi connectivity index (χ3n) is 3.01. The first-order chi connectivity index (χ1) is 9.78. The van der Waals surface area contributed by atoms with Gasteiger partial charge in [0.25, 0.3) is 5.56 Å². The van der Waals surface area contributed by atoms with Crippen LogP contribution in [0.25, 0.3) is 10.9 Å². The van der Waals surface area contributed by atoms with E-state index < -0.39 is 0 Å². The summed E-state index contributed by atoms with van der Waals surface area (Å²) >= 11 is 0. The predicted octanol–water partition coefficient (Wildman–Crippen LogP) is 2.28. The number of hydrogen-bond acceptors (Lipinski definition) is 4. The third-order valence-corrected chi connectivity index (χ3v) is 3.01. The number of ether oxygens (including phenoxy) is 1. The normalized spacial score (nSPS) is 10.4. The van der Waals surface area contributed by atoms with Crippen LogP contribution in [-0.2, 0) is 0 Å². The van der Waals surface area contributed by atoms with Crippen molar-refractivity contribution in [3.05, 3.63) is 65.2 Å². The van der Waals surface area contributed by atoms with E-state index in [0.29, 0.717) is 10.9 Å². The summed E-state index contributed by atoms with van der Waals surface area (Å²) in [6, 6.07) is 14.6. The van der Waals surface area contributed by atoms with Crippen LogP contribution in [0.2, 0.25) is 0 Å². The van der Waals surface area contributed by atoms with E-state index in [4.69, 9.17) is 4.74 Å². The van der Waals surface area contributed by atoms with Crippen molar-refractivity contribution < 1.29 is 4.74 Å². The van der Waals surface area contributed by atoms with Crippen molar-refractivity contribution in [2.75, 3.05) is 12.5 Å². The highest BCUT2D eigenvalue weighted by molar-refractivity contribution is 5.77. The molecule has 0 bridgehead atoms. The largest absolute Gasteiger partial charge is 0.497 e. The molecule has 0 amide bonds. The van der Waals surface area contributed by atoms with Gasteiger partial charge in [-0.2, -0.15) is 0 Å². The molecule has 0 atom stereocenters. The molecule has 0 radical (unpaired) electrons. The molecule has 1 N–H and O–H groups in total. The number of fused-ring (bicyclic) bond motifs is 1. The van der Waals surface area contributed by atoms with Gasteiger partial charge < -0.3 is 4.74 Å². The Hall–Kier alpha value is -2.82. The Kier molecular flexibility index (Phi) is 3.09. The van der Waals surface area contributed by atoms with Gasteiger partial charge in [-0.15, -0.1) is 0 Å². The molecule has 0 aliphatic heterocycles. The molecule has 1 heterocycles. The average molecular weight is 267 g/mol. The van der Waals surface area contributed by atoms with Gasteiger partial charge in [0.1, 0.15) is 12.1 Å². The number of hydrogen-bond donors (Lipinski definition) is 1. The van der Waals surface area contributed by atoms with Crippen molar-refractivity contribution in [3.63, 3.8) is 0 Å². The van der Waals surface area contributed by atoms with Crippen LogP contribution in [0.15, 0.2) is 59.7 Å². The van der Waals surface area contributed by atoms with Crippen LogP contribution in [0, 0.1) is 0 Å². The number of nitrogens with one attached hydrogen (secondary N) is 1. The number of rotatable bonds is 3. The summed E-state index contributed by atoms with van der Waals surface area (Å²) in [5.74, 6) is 0.763. The van der Waals surface area contributed by atoms with Crippen LogP contribution >= 0.6 is 0 Å². The number of nitrogens with zero attached hydrogens (tertiary/aromatic N) is 2. The number of methoxy groups -OCH3 is 1. The summed E-state index contributed by atoms with van der Waals surface area (Å²) < 4.78 is 6.46. The molecule has 0 spiro atoms.